The SMILES string of the molecule is c1cn(-n2ncc3ncncc32)cn1. The van der Waals surface area contributed by atoms with Crippen molar-refractivity contribution >= 4 is 11.0 Å². The molecule has 6 heteroatoms. The van der Waals surface area contributed by atoms with Gasteiger partial charge in [-0.3, -0.25) is 0 Å². The van der Waals surface area contributed by atoms with Crippen LogP contribution in [0.4, 0.5) is 0 Å². The fourth-order valence-electron chi connectivity index (χ4n) is 1.31. The van der Waals surface area contributed by atoms with E-state index in [1.807, 2.05) is 0 Å². The van der Waals surface area contributed by atoms with Gasteiger partial charge < -0.3 is 0 Å². The topological polar surface area (TPSA) is 61.4 Å². The first-order valence-electron chi connectivity index (χ1n) is 4.07. The van der Waals surface area contributed by atoms with E-state index in [2.05, 4.69) is 20.1 Å². The van der Waals surface area contributed by atoms with Gasteiger partial charge in [-0.05, 0) is 0 Å². The smallest absolute Gasteiger partial charge is 0.130 e. The summed E-state index contributed by atoms with van der Waals surface area (Å²) in [6.07, 6.45) is 10.1. The Morgan fingerprint density at radius 2 is 2.14 bits per heavy atom. The first-order chi connectivity index (χ1) is 6.95. The van der Waals surface area contributed by atoms with Gasteiger partial charge in [-0.1, -0.05) is 0 Å². The van der Waals surface area contributed by atoms with E-state index < -0.39 is 0 Å². The summed E-state index contributed by atoms with van der Waals surface area (Å²) in [5.74, 6) is 0. The molecule has 0 saturated carbocycles. The highest BCUT2D eigenvalue weighted by Crippen LogP contribution is 2.07. The number of rotatable bonds is 1. The Labute approximate surface area is 78.8 Å². The van der Waals surface area contributed by atoms with Crippen LogP contribution in [-0.2, 0) is 0 Å². The van der Waals surface area contributed by atoms with Gasteiger partial charge in [-0.15, -0.1) is 0 Å². The zero-order chi connectivity index (χ0) is 9.38. The summed E-state index contributed by atoms with van der Waals surface area (Å²) in [5, 5.41) is 4.17. The minimum absolute atomic E-state index is 0.814. The van der Waals surface area contributed by atoms with Gasteiger partial charge in [-0.2, -0.15) is 9.89 Å². The normalized spacial score (nSPS) is 10.9. The Bertz CT molecular complexity index is 552. The number of aromatic nitrogens is 6. The standard InChI is InChI=1S/C8H6N6/c1-2-13(6-9-1)14-8-4-10-5-11-7(8)3-12-14/h1-6H. The van der Waals surface area contributed by atoms with Crippen molar-refractivity contribution in [2.75, 3.05) is 0 Å². The first kappa shape index (κ1) is 7.19. The van der Waals surface area contributed by atoms with Gasteiger partial charge in [-0.25, -0.2) is 19.6 Å². The summed E-state index contributed by atoms with van der Waals surface area (Å²) in [6, 6.07) is 0. The number of fused-ring (bicyclic) bond motifs is 1. The largest absolute Gasteiger partial charge is 0.243 e. The highest BCUT2D eigenvalue weighted by atomic mass is 15.6. The Balaban J connectivity index is 2.33. The maximum atomic E-state index is 4.17. The second kappa shape index (κ2) is 2.63. The summed E-state index contributed by atoms with van der Waals surface area (Å²) in [4.78, 5) is 13.7. The van der Waals surface area contributed by atoms with E-state index in [0.717, 1.165) is 11.0 Å². The second-order valence-electron chi connectivity index (χ2n) is 2.77. The monoisotopic (exact) mass is 186 g/mol. The van der Waals surface area contributed by atoms with Crippen LogP contribution >= 0.6 is 0 Å². The average molecular weight is 186 g/mol. The molecular formula is C8H6N6. The maximum absolute atomic E-state index is 4.17. The van der Waals surface area contributed by atoms with Crippen molar-refractivity contribution in [3.05, 3.63) is 37.4 Å². The lowest BCUT2D eigenvalue weighted by Gasteiger charge is -2.01. The van der Waals surface area contributed by atoms with E-state index in [4.69, 9.17) is 0 Å². The summed E-state index contributed by atoms with van der Waals surface area (Å²) < 4.78 is 1.76. The van der Waals surface area contributed by atoms with E-state index in [9.17, 15) is 0 Å². The number of nitrogens with zero attached hydrogens (tertiary/aromatic N) is 6. The van der Waals surface area contributed by atoms with E-state index in [1.165, 1.54) is 6.33 Å². The minimum Gasteiger partial charge on any atom is -0.243 e. The molecule has 0 atom stereocenters. The average Bonchev–Trinajstić information content (AvgIpc) is 2.85. The van der Waals surface area contributed by atoms with Crippen LogP contribution in [0.2, 0.25) is 0 Å². The third kappa shape index (κ3) is 0.905. The zero-order valence-corrected chi connectivity index (χ0v) is 7.15. The molecule has 68 valence electrons. The van der Waals surface area contributed by atoms with Crippen molar-refractivity contribution < 1.29 is 0 Å². The Morgan fingerprint density at radius 1 is 1.14 bits per heavy atom. The van der Waals surface area contributed by atoms with Crippen molar-refractivity contribution in [1.29, 1.82) is 0 Å². The minimum atomic E-state index is 0.814. The van der Waals surface area contributed by atoms with Crippen molar-refractivity contribution in [2.45, 2.75) is 0 Å². The van der Waals surface area contributed by atoms with Crippen LogP contribution < -0.4 is 0 Å². The van der Waals surface area contributed by atoms with Gasteiger partial charge in [0.05, 0.1) is 12.4 Å². The number of imidazole rings is 1. The maximum Gasteiger partial charge on any atom is 0.130 e. The molecule has 0 aliphatic rings. The summed E-state index contributed by atoms with van der Waals surface area (Å²) in [5.41, 5.74) is 1.67. The van der Waals surface area contributed by atoms with Crippen LogP contribution in [0.1, 0.15) is 0 Å². The molecule has 0 fully saturated rings. The molecule has 3 rings (SSSR count). The van der Waals surface area contributed by atoms with Gasteiger partial charge in [0.15, 0.2) is 0 Å². The number of hydrogen-bond donors (Lipinski definition) is 0. The molecular weight excluding hydrogens is 180 g/mol. The quantitative estimate of drug-likeness (QED) is 0.549. The summed E-state index contributed by atoms with van der Waals surface area (Å²) in [6.45, 7) is 0. The first-order valence-corrected chi connectivity index (χ1v) is 4.07. The third-order valence-corrected chi connectivity index (χ3v) is 1.94. The van der Waals surface area contributed by atoms with Crippen LogP contribution in [0.5, 0.6) is 0 Å². The van der Waals surface area contributed by atoms with Gasteiger partial charge in [0.25, 0.3) is 0 Å². The van der Waals surface area contributed by atoms with E-state index in [0.29, 0.717) is 0 Å². The summed E-state index contributed by atoms with van der Waals surface area (Å²) in [7, 11) is 0. The lowest BCUT2D eigenvalue weighted by atomic mass is 10.5. The predicted octanol–water partition coefficient (Wildman–Crippen LogP) is 0.334. The second-order valence-corrected chi connectivity index (χ2v) is 2.77. The van der Waals surface area contributed by atoms with Crippen LogP contribution in [0.15, 0.2) is 37.4 Å². The fraction of sp³-hybridized carbons (Fsp3) is 0. The van der Waals surface area contributed by atoms with Crippen LogP contribution in [0.25, 0.3) is 11.0 Å². The molecule has 3 aromatic heterocycles. The highest BCUT2D eigenvalue weighted by molar-refractivity contribution is 5.72. The van der Waals surface area contributed by atoms with Crippen molar-refractivity contribution in [2.24, 2.45) is 0 Å². The molecule has 0 aliphatic carbocycles. The van der Waals surface area contributed by atoms with Gasteiger partial charge in [0.1, 0.15) is 23.7 Å². The highest BCUT2D eigenvalue weighted by Gasteiger charge is 2.03. The van der Waals surface area contributed by atoms with Crippen LogP contribution in [0.3, 0.4) is 0 Å². The molecule has 3 heterocycles. The third-order valence-electron chi connectivity index (χ3n) is 1.94. The van der Waals surface area contributed by atoms with E-state index >= 15 is 0 Å². The fourth-order valence-corrected chi connectivity index (χ4v) is 1.31. The lowest BCUT2D eigenvalue weighted by molar-refractivity contribution is 0.594. The van der Waals surface area contributed by atoms with Crippen LogP contribution in [-0.4, -0.2) is 29.5 Å². The van der Waals surface area contributed by atoms with Gasteiger partial charge in [0.2, 0.25) is 0 Å². The Morgan fingerprint density at radius 3 is 3.00 bits per heavy atom. The molecule has 6 nitrogen and oxygen atoms in total. The molecule has 0 amide bonds. The molecule has 0 N–H and O–H groups in total. The Kier molecular flexibility index (Phi) is 1.35. The molecule has 14 heavy (non-hydrogen) atoms. The lowest BCUT2D eigenvalue weighted by Crippen LogP contribution is -2.07. The van der Waals surface area contributed by atoms with E-state index in [1.54, 1.807) is 40.6 Å². The Hall–Kier alpha value is -2.24. The molecule has 0 unspecified atom stereocenters. The molecule has 0 saturated heterocycles. The molecule has 0 spiro atoms. The molecule has 0 aliphatic heterocycles. The molecule has 0 bridgehead atoms. The molecule has 3 aromatic rings. The zero-order valence-electron chi connectivity index (χ0n) is 7.15. The predicted molar refractivity (Wildman–Crippen MR) is 48.3 cm³/mol. The molecule has 0 radical (unpaired) electrons. The van der Waals surface area contributed by atoms with E-state index in [-0.39, 0.29) is 0 Å². The molecule has 0 aromatic carbocycles. The van der Waals surface area contributed by atoms with Crippen molar-refractivity contribution in [1.82, 2.24) is 29.5 Å². The van der Waals surface area contributed by atoms with Gasteiger partial charge >= 0.3 is 0 Å². The van der Waals surface area contributed by atoms with Crippen LogP contribution in [0, 0.1) is 0 Å². The summed E-state index contributed by atoms with van der Waals surface area (Å²) >= 11 is 0. The van der Waals surface area contributed by atoms with Crippen molar-refractivity contribution in [3.8, 4) is 0 Å². The van der Waals surface area contributed by atoms with Crippen molar-refractivity contribution in [3.63, 3.8) is 0 Å². The number of hydrogen-bond acceptors (Lipinski definition) is 4. The van der Waals surface area contributed by atoms with Gasteiger partial charge in [0, 0.05) is 12.4 Å².